The van der Waals surface area contributed by atoms with Gasteiger partial charge in [0.1, 0.15) is 6.54 Å². The molecule has 0 saturated carbocycles. The fourth-order valence-electron chi connectivity index (χ4n) is 2.79. The molecular formula is C17H22F3N3O2. The standard InChI is InChI=1S/C17H22F3N3O2/c1-10-3-4-12(15(24)22-9-17(18,19)20)8-14(10)23-16(25)13-5-6-21-11(2)7-13/h3-4,8,11,13,21H,5-7,9H2,1-2H3,(H,22,24)(H,23,25)/t11-,13-/m0/s1. The first kappa shape index (κ1) is 19.2. The smallest absolute Gasteiger partial charge is 0.343 e. The summed E-state index contributed by atoms with van der Waals surface area (Å²) in [5.41, 5.74) is 1.25. The Labute approximate surface area is 144 Å². The number of carbonyl (C=O) groups excluding carboxylic acids is 2. The van der Waals surface area contributed by atoms with Gasteiger partial charge < -0.3 is 16.0 Å². The number of hydrogen-bond acceptors (Lipinski definition) is 3. The number of aryl methyl sites for hydroxylation is 1. The summed E-state index contributed by atoms with van der Waals surface area (Å²) in [5, 5.41) is 7.89. The molecular weight excluding hydrogens is 335 g/mol. The van der Waals surface area contributed by atoms with Crippen LogP contribution in [0.4, 0.5) is 18.9 Å². The van der Waals surface area contributed by atoms with E-state index in [1.54, 1.807) is 13.0 Å². The van der Waals surface area contributed by atoms with Crippen LogP contribution in [0, 0.1) is 12.8 Å². The zero-order valence-corrected chi connectivity index (χ0v) is 14.2. The number of nitrogens with one attached hydrogen (secondary N) is 3. The van der Waals surface area contributed by atoms with Crippen molar-refractivity contribution in [1.29, 1.82) is 0 Å². The van der Waals surface area contributed by atoms with Gasteiger partial charge in [0.05, 0.1) is 0 Å². The SMILES string of the molecule is Cc1ccc(C(=O)NCC(F)(F)F)cc1NC(=O)[C@H]1CCN[C@@H](C)C1. The number of carbonyl (C=O) groups is 2. The zero-order valence-electron chi connectivity index (χ0n) is 14.2. The number of rotatable bonds is 4. The van der Waals surface area contributed by atoms with Crippen LogP contribution in [0.2, 0.25) is 0 Å². The first-order valence-electron chi connectivity index (χ1n) is 8.15. The third kappa shape index (κ3) is 5.74. The van der Waals surface area contributed by atoms with E-state index >= 15 is 0 Å². The van der Waals surface area contributed by atoms with E-state index in [-0.39, 0.29) is 23.4 Å². The molecule has 1 aromatic carbocycles. The highest BCUT2D eigenvalue weighted by Crippen LogP contribution is 2.22. The molecule has 2 atom stereocenters. The quantitative estimate of drug-likeness (QED) is 0.776. The van der Waals surface area contributed by atoms with Crippen molar-refractivity contribution < 1.29 is 22.8 Å². The van der Waals surface area contributed by atoms with Gasteiger partial charge in [-0.2, -0.15) is 13.2 Å². The van der Waals surface area contributed by atoms with Crippen LogP contribution in [0.1, 0.15) is 35.7 Å². The van der Waals surface area contributed by atoms with Crippen LogP contribution in [-0.2, 0) is 4.79 Å². The molecule has 0 bridgehead atoms. The Morgan fingerprint density at radius 2 is 2.04 bits per heavy atom. The lowest BCUT2D eigenvalue weighted by molar-refractivity contribution is -0.123. The largest absolute Gasteiger partial charge is 0.405 e. The minimum atomic E-state index is -4.47. The number of alkyl halides is 3. The molecule has 2 rings (SSSR count). The Kier molecular flexibility index (Phi) is 6.05. The zero-order chi connectivity index (χ0) is 18.6. The van der Waals surface area contributed by atoms with Gasteiger partial charge >= 0.3 is 6.18 Å². The fraction of sp³-hybridized carbons (Fsp3) is 0.529. The monoisotopic (exact) mass is 357 g/mol. The number of amides is 2. The van der Waals surface area contributed by atoms with Crippen LogP contribution in [0.5, 0.6) is 0 Å². The molecule has 3 N–H and O–H groups in total. The van der Waals surface area contributed by atoms with Gasteiger partial charge in [0.2, 0.25) is 5.91 Å². The number of piperidine rings is 1. The highest BCUT2D eigenvalue weighted by atomic mass is 19.4. The number of anilines is 1. The van der Waals surface area contributed by atoms with Gasteiger partial charge in [-0.05, 0) is 50.9 Å². The number of hydrogen-bond donors (Lipinski definition) is 3. The number of halogens is 3. The summed E-state index contributed by atoms with van der Waals surface area (Å²) in [4.78, 5) is 24.3. The van der Waals surface area contributed by atoms with E-state index in [1.807, 2.05) is 12.2 Å². The molecule has 2 amide bonds. The normalized spacial score (nSPS) is 20.8. The Hall–Kier alpha value is -2.09. The molecule has 8 heteroatoms. The van der Waals surface area contributed by atoms with Crippen molar-refractivity contribution >= 4 is 17.5 Å². The Balaban J connectivity index is 2.05. The third-order valence-electron chi connectivity index (χ3n) is 4.20. The molecule has 1 saturated heterocycles. The van der Waals surface area contributed by atoms with E-state index in [2.05, 4.69) is 10.6 Å². The Morgan fingerprint density at radius 1 is 1.32 bits per heavy atom. The van der Waals surface area contributed by atoms with Crippen molar-refractivity contribution in [3.05, 3.63) is 29.3 Å². The average Bonchev–Trinajstić information content (AvgIpc) is 2.54. The van der Waals surface area contributed by atoms with Crippen molar-refractivity contribution in [2.45, 2.75) is 38.9 Å². The predicted molar refractivity (Wildman–Crippen MR) is 88.4 cm³/mol. The van der Waals surface area contributed by atoms with Crippen molar-refractivity contribution in [3.8, 4) is 0 Å². The maximum Gasteiger partial charge on any atom is 0.405 e. The van der Waals surface area contributed by atoms with E-state index < -0.39 is 18.6 Å². The highest BCUT2D eigenvalue weighted by Gasteiger charge is 2.28. The maximum absolute atomic E-state index is 12.4. The van der Waals surface area contributed by atoms with Gasteiger partial charge in [-0.1, -0.05) is 6.07 Å². The van der Waals surface area contributed by atoms with Crippen molar-refractivity contribution in [2.75, 3.05) is 18.4 Å². The van der Waals surface area contributed by atoms with Gasteiger partial charge in [-0.3, -0.25) is 9.59 Å². The molecule has 1 heterocycles. The molecule has 1 aliphatic heterocycles. The first-order valence-corrected chi connectivity index (χ1v) is 8.15. The van der Waals surface area contributed by atoms with E-state index in [0.717, 1.165) is 24.9 Å². The lowest BCUT2D eigenvalue weighted by Gasteiger charge is -2.27. The van der Waals surface area contributed by atoms with Crippen molar-refractivity contribution in [3.63, 3.8) is 0 Å². The van der Waals surface area contributed by atoms with E-state index in [9.17, 15) is 22.8 Å². The van der Waals surface area contributed by atoms with Crippen LogP contribution in [0.15, 0.2) is 18.2 Å². The molecule has 138 valence electrons. The van der Waals surface area contributed by atoms with E-state index in [1.165, 1.54) is 12.1 Å². The second-order valence-electron chi connectivity index (χ2n) is 6.39. The fourth-order valence-corrected chi connectivity index (χ4v) is 2.79. The maximum atomic E-state index is 12.4. The predicted octanol–water partition coefficient (Wildman–Crippen LogP) is 2.61. The van der Waals surface area contributed by atoms with Gasteiger partial charge in [-0.25, -0.2) is 0 Å². The van der Waals surface area contributed by atoms with E-state index in [4.69, 9.17) is 0 Å². The lowest BCUT2D eigenvalue weighted by atomic mass is 9.92. The molecule has 0 unspecified atom stereocenters. The highest BCUT2D eigenvalue weighted by molar-refractivity contribution is 5.98. The molecule has 0 radical (unpaired) electrons. The first-order chi connectivity index (χ1) is 11.7. The second kappa shape index (κ2) is 7.86. The Morgan fingerprint density at radius 3 is 2.68 bits per heavy atom. The summed E-state index contributed by atoms with van der Waals surface area (Å²) in [7, 11) is 0. The minimum absolute atomic E-state index is 0.0730. The van der Waals surface area contributed by atoms with Crippen LogP contribution in [-0.4, -0.2) is 37.1 Å². The van der Waals surface area contributed by atoms with Crippen molar-refractivity contribution in [2.24, 2.45) is 5.92 Å². The van der Waals surface area contributed by atoms with Crippen LogP contribution >= 0.6 is 0 Å². The minimum Gasteiger partial charge on any atom is -0.343 e. The molecule has 0 aromatic heterocycles. The molecule has 25 heavy (non-hydrogen) atoms. The van der Waals surface area contributed by atoms with Crippen LogP contribution in [0.25, 0.3) is 0 Å². The lowest BCUT2D eigenvalue weighted by Crippen LogP contribution is -2.40. The summed E-state index contributed by atoms with van der Waals surface area (Å²) in [6.07, 6.45) is -3.03. The van der Waals surface area contributed by atoms with Gasteiger partial charge in [0, 0.05) is 23.2 Å². The summed E-state index contributed by atoms with van der Waals surface area (Å²) in [5.74, 6) is -1.09. The molecule has 0 spiro atoms. The van der Waals surface area contributed by atoms with E-state index in [0.29, 0.717) is 5.69 Å². The topological polar surface area (TPSA) is 70.2 Å². The molecule has 1 aromatic rings. The molecule has 0 aliphatic carbocycles. The van der Waals surface area contributed by atoms with Gasteiger partial charge in [0.25, 0.3) is 5.91 Å². The third-order valence-corrected chi connectivity index (χ3v) is 4.20. The summed E-state index contributed by atoms with van der Waals surface area (Å²) in [6, 6.07) is 4.70. The van der Waals surface area contributed by atoms with Crippen molar-refractivity contribution in [1.82, 2.24) is 10.6 Å². The summed E-state index contributed by atoms with van der Waals surface area (Å²) >= 11 is 0. The van der Waals surface area contributed by atoms with Gasteiger partial charge in [-0.15, -0.1) is 0 Å². The average molecular weight is 357 g/mol. The Bertz CT molecular complexity index is 647. The summed E-state index contributed by atoms with van der Waals surface area (Å²) in [6.45, 7) is 3.14. The molecule has 5 nitrogen and oxygen atoms in total. The molecule has 1 fully saturated rings. The second-order valence-corrected chi connectivity index (χ2v) is 6.39. The van der Waals surface area contributed by atoms with Crippen LogP contribution < -0.4 is 16.0 Å². The summed E-state index contributed by atoms with van der Waals surface area (Å²) < 4.78 is 36.6. The molecule has 1 aliphatic rings. The van der Waals surface area contributed by atoms with Gasteiger partial charge in [0.15, 0.2) is 0 Å². The van der Waals surface area contributed by atoms with Crippen LogP contribution in [0.3, 0.4) is 0 Å². The number of benzene rings is 1.